The fourth-order valence-corrected chi connectivity index (χ4v) is 5.99. The first-order valence-electron chi connectivity index (χ1n) is 11.9. The molecule has 0 spiro atoms. The van der Waals surface area contributed by atoms with Gasteiger partial charge in [0.15, 0.2) is 0 Å². The van der Waals surface area contributed by atoms with Gasteiger partial charge in [-0.15, -0.1) is 0 Å². The van der Waals surface area contributed by atoms with E-state index in [0.717, 1.165) is 36.3 Å². The predicted molar refractivity (Wildman–Crippen MR) is 134 cm³/mol. The van der Waals surface area contributed by atoms with E-state index in [4.69, 9.17) is 4.74 Å². The van der Waals surface area contributed by atoms with Crippen molar-refractivity contribution in [2.24, 2.45) is 0 Å². The number of imidazole rings is 1. The van der Waals surface area contributed by atoms with Crippen molar-refractivity contribution in [2.45, 2.75) is 50.5 Å². The molecule has 1 N–H and O–H groups in total. The van der Waals surface area contributed by atoms with Crippen molar-refractivity contribution in [1.29, 1.82) is 0 Å². The number of aromatic nitrogens is 2. The van der Waals surface area contributed by atoms with Crippen LogP contribution in [0.2, 0.25) is 0 Å². The molecule has 1 aromatic heterocycles. The Labute approximate surface area is 207 Å². The Morgan fingerprint density at radius 3 is 2.57 bits per heavy atom. The minimum atomic E-state index is -3.55. The lowest BCUT2D eigenvalue weighted by Gasteiger charge is -2.26. The molecule has 0 unspecified atom stereocenters. The summed E-state index contributed by atoms with van der Waals surface area (Å²) in [7, 11) is -2.01. The van der Waals surface area contributed by atoms with Crippen molar-refractivity contribution in [3.8, 4) is 11.4 Å². The van der Waals surface area contributed by atoms with Crippen LogP contribution in [-0.2, 0) is 27.8 Å². The average molecular weight is 497 g/mol. The van der Waals surface area contributed by atoms with Crippen LogP contribution >= 0.6 is 0 Å². The number of nitrogens with one attached hydrogen (secondary N) is 1. The summed E-state index contributed by atoms with van der Waals surface area (Å²) in [5.41, 5.74) is 2.66. The molecule has 1 fully saturated rings. The number of methoxy groups -OCH3 is 1. The van der Waals surface area contributed by atoms with E-state index in [1.807, 2.05) is 42.0 Å². The van der Waals surface area contributed by atoms with Crippen LogP contribution in [0.25, 0.3) is 5.69 Å². The number of rotatable bonds is 9. The lowest BCUT2D eigenvalue weighted by molar-refractivity contribution is -0.121. The van der Waals surface area contributed by atoms with Gasteiger partial charge in [0.2, 0.25) is 15.9 Å². The number of aryl methyl sites for hydroxylation is 2. The molecule has 1 amide bonds. The molecule has 0 radical (unpaired) electrons. The Morgan fingerprint density at radius 2 is 1.86 bits per heavy atom. The highest BCUT2D eigenvalue weighted by atomic mass is 32.2. The van der Waals surface area contributed by atoms with Gasteiger partial charge in [-0.1, -0.05) is 24.6 Å². The highest BCUT2D eigenvalue weighted by molar-refractivity contribution is 7.89. The van der Waals surface area contributed by atoms with Crippen molar-refractivity contribution < 1.29 is 17.9 Å². The lowest BCUT2D eigenvalue weighted by atomic mass is 10.1. The van der Waals surface area contributed by atoms with E-state index in [1.165, 1.54) is 0 Å². The van der Waals surface area contributed by atoms with Crippen LogP contribution < -0.4 is 10.1 Å². The number of amides is 1. The van der Waals surface area contributed by atoms with E-state index >= 15 is 0 Å². The Balaban J connectivity index is 1.42. The molecule has 35 heavy (non-hydrogen) atoms. The third-order valence-corrected chi connectivity index (χ3v) is 8.27. The van der Waals surface area contributed by atoms with Crippen molar-refractivity contribution in [1.82, 2.24) is 19.2 Å². The Morgan fingerprint density at radius 1 is 1.09 bits per heavy atom. The molecule has 4 rings (SSSR count). The number of hydrogen-bond acceptors (Lipinski definition) is 5. The molecule has 0 atom stereocenters. The van der Waals surface area contributed by atoms with Gasteiger partial charge in [0.25, 0.3) is 0 Å². The standard InChI is InChI=1S/C26H32N4O4S/c1-20-27-14-17-30(20)24-9-5-4-8-22(24)19-28-26(31)13-10-21-18-23(11-12-25(21)34-2)35(32,33)29-15-6-3-7-16-29/h4-5,8-9,11-12,14,17-18H,3,6-7,10,13,15-16,19H2,1-2H3,(H,28,31). The predicted octanol–water partition coefficient (Wildman–Crippen LogP) is 3.61. The van der Waals surface area contributed by atoms with Gasteiger partial charge in [-0.25, -0.2) is 13.4 Å². The number of hydrogen-bond donors (Lipinski definition) is 1. The van der Waals surface area contributed by atoms with Crippen LogP contribution in [0.4, 0.5) is 0 Å². The molecule has 1 aliphatic heterocycles. The molecule has 1 saturated heterocycles. The summed E-state index contributed by atoms with van der Waals surface area (Å²) in [6.45, 7) is 3.41. The van der Waals surface area contributed by atoms with Crippen LogP contribution in [0.5, 0.6) is 5.75 Å². The third kappa shape index (κ3) is 5.74. The smallest absolute Gasteiger partial charge is 0.243 e. The third-order valence-electron chi connectivity index (χ3n) is 6.38. The molecule has 0 saturated carbocycles. The molecular weight excluding hydrogens is 464 g/mol. The molecule has 0 bridgehead atoms. The fourth-order valence-electron chi connectivity index (χ4n) is 4.42. The van der Waals surface area contributed by atoms with E-state index in [0.29, 0.717) is 37.4 Å². The number of para-hydroxylation sites is 1. The number of nitrogens with zero attached hydrogens (tertiary/aromatic N) is 3. The van der Waals surface area contributed by atoms with Crippen molar-refractivity contribution >= 4 is 15.9 Å². The quantitative estimate of drug-likeness (QED) is 0.488. The number of sulfonamides is 1. The maximum Gasteiger partial charge on any atom is 0.243 e. The molecule has 9 heteroatoms. The molecule has 2 aromatic carbocycles. The van der Waals surface area contributed by atoms with Crippen LogP contribution in [0.15, 0.2) is 59.8 Å². The lowest BCUT2D eigenvalue weighted by Crippen LogP contribution is -2.35. The summed E-state index contributed by atoms with van der Waals surface area (Å²) >= 11 is 0. The van der Waals surface area contributed by atoms with Crippen LogP contribution in [-0.4, -0.2) is 48.4 Å². The number of carbonyl (C=O) groups is 1. The van der Waals surface area contributed by atoms with E-state index in [1.54, 1.807) is 35.8 Å². The SMILES string of the molecule is COc1ccc(S(=O)(=O)N2CCCCC2)cc1CCC(=O)NCc1ccccc1-n1ccnc1C. The summed E-state index contributed by atoms with van der Waals surface area (Å²) in [6, 6.07) is 12.8. The highest BCUT2D eigenvalue weighted by Gasteiger charge is 2.26. The molecule has 186 valence electrons. The van der Waals surface area contributed by atoms with E-state index < -0.39 is 10.0 Å². The highest BCUT2D eigenvalue weighted by Crippen LogP contribution is 2.27. The van der Waals surface area contributed by atoms with Crippen LogP contribution in [0.3, 0.4) is 0 Å². The fraction of sp³-hybridized carbons (Fsp3) is 0.385. The molecule has 3 aromatic rings. The van der Waals surface area contributed by atoms with E-state index in [-0.39, 0.29) is 17.2 Å². The summed E-state index contributed by atoms with van der Waals surface area (Å²) < 4.78 is 35.2. The maximum absolute atomic E-state index is 13.1. The van der Waals surface area contributed by atoms with Gasteiger partial charge >= 0.3 is 0 Å². The minimum Gasteiger partial charge on any atom is -0.496 e. The second-order valence-corrected chi connectivity index (χ2v) is 10.6. The Hall–Kier alpha value is -3.17. The zero-order chi connectivity index (χ0) is 24.8. The van der Waals surface area contributed by atoms with Gasteiger partial charge in [0.05, 0.1) is 17.7 Å². The second-order valence-electron chi connectivity index (χ2n) is 8.69. The van der Waals surface area contributed by atoms with Gasteiger partial charge in [-0.3, -0.25) is 4.79 Å². The molecular formula is C26H32N4O4S. The topological polar surface area (TPSA) is 93.5 Å². The van der Waals surface area contributed by atoms with Gasteiger partial charge < -0.3 is 14.6 Å². The van der Waals surface area contributed by atoms with Crippen LogP contribution in [0, 0.1) is 6.92 Å². The average Bonchev–Trinajstić information content (AvgIpc) is 3.32. The number of ether oxygens (including phenoxy) is 1. The summed E-state index contributed by atoms with van der Waals surface area (Å²) in [5, 5.41) is 2.99. The maximum atomic E-state index is 13.1. The van der Waals surface area contributed by atoms with Crippen LogP contribution in [0.1, 0.15) is 42.6 Å². The van der Waals surface area contributed by atoms with Gasteiger partial charge in [0.1, 0.15) is 11.6 Å². The Bertz CT molecular complexity index is 1280. The molecule has 2 heterocycles. The minimum absolute atomic E-state index is 0.117. The number of carbonyl (C=O) groups excluding carboxylic acids is 1. The zero-order valence-electron chi connectivity index (χ0n) is 20.2. The van der Waals surface area contributed by atoms with E-state index in [2.05, 4.69) is 10.3 Å². The molecule has 0 aliphatic carbocycles. The first kappa shape index (κ1) is 24.9. The largest absolute Gasteiger partial charge is 0.496 e. The van der Waals surface area contributed by atoms with Gasteiger partial charge in [0, 0.05) is 38.4 Å². The second kappa shape index (κ2) is 11.0. The van der Waals surface area contributed by atoms with Gasteiger partial charge in [-0.05, 0) is 61.6 Å². The summed E-state index contributed by atoms with van der Waals surface area (Å²) in [4.78, 5) is 17.2. The summed E-state index contributed by atoms with van der Waals surface area (Å²) in [5.74, 6) is 1.33. The zero-order valence-corrected chi connectivity index (χ0v) is 21.1. The number of benzene rings is 2. The summed E-state index contributed by atoms with van der Waals surface area (Å²) in [6.07, 6.45) is 7.06. The van der Waals surface area contributed by atoms with Gasteiger partial charge in [-0.2, -0.15) is 4.31 Å². The first-order valence-corrected chi connectivity index (χ1v) is 13.4. The number of piperidine rings is 1. The monoisotopic (exact) mass is 496 g/mol. The normalized spacial score (nSPS) is 14.6. The first-order chi connectivity index (χ1) is 16.9. The van der Waals surface area contributed by atoms with Crippen molar-refractivity contribution in [3.05, 3.63) is 71.8 Å². The Kier molecular flexibility index (Phi) is 7.87. The van der Waals surface area contributed by atoms with Crippen molar-refractivity contribution in [2.75, 3.05) is 20.2 Å². The molecule has 8 nitrogen and oxygen atoms in total. The molecule has 1 aliphatic rings. The van der Waals surface area contributed by atoms with Crippen molar-refractivity contribution in [3.63, 3.8) is 0 Å². The van der Waals surface area contributed by atoms with E-state index in [9.17, 15) is 13.2 Å².